The Morgan fingerprint density at radius 1 is 0.880 bits per heavy atom. The van der Waals surface area contributed by atoms with E-state index in [1.807, 2.05) is 12.1 Å². The minimum Gasteiger partial charge on any atom is -0.497 e. The molecule has 1 aromatic heterocycles. The zero-order chi connectivity index (χ0) is 17.2. The standard InChI is InChI=1S/C23H23NO/c1-3-4-7-16-12-15-21-23(19-8-5-6-9-20(19)24-21)22(16)17-10-13-18(25-2)14-11-17/h5-6,8-15,24H,3-4,7H2,1-2H3. The van der Waals surface area contributed by atoms with Crippen LogP contribution in [-0.4, -0.2) is 12.1 Å². The first-order valence-electron chi connectivity index (χ1n) is 8.98. The molecule has 0 fully saturated rings. The van der Waals surface area contributed by atoms with Crippen LogP contribution >= 0.6 is 0 Å². The molecule has 0 unspecified atom stereocenters. The van der Waals surface area contributed by atoms with E-state index >= 15 is 0 Å². The van der Waals surface area contributed by atoms with Gasteiger partial charge >= 0.3 is 0 Å². The Labute approximate surface area is 148 Å². The van der Waals surface area contributed by atoms with Gasteiger partial charge in [-0.2, -0.15) is 0 Å². The maximum Gasteiger partial charge on any atom is 0.118 e. The second-order valence-corrected chi connectivity index (χ2v) is 6.52. The van der Waals surface area contributed by atoms with Crippen molar-refractivity contribution in [3.8, 4) is 16.9 Å². The van der Waals surface area contributed by atoms with Crippen molar-refractivity contribution in [3.05, 3.63) is 66.2 Å². The first-order valence-corrected chi connectivity index (χ1v) is 8.98. The number of fused-ring (bicyclic) bond motifs is 3. The maximum atomic E-state index is 5.34. The van der Waals surface area contributed by atoms with E-state index in [1.54, 1.807) is 7.11 Å². The molecule has 4 aromatic rings. The van der Waals surface area contributed by atoms with E-state index in [9.17, 15) is 0 Å². The molecule has 3 aromatic carbocycles. The quantitative estimate of drug-likeness (QED) is 0.454. The lowest BCUT2D eigenvalue weighted by atomic mass is 9.92. The molecule has 1 heterocycles. The van der Waals surface area contributed by atoms with Gasteiger partial charge in [-0.15, -0.1) is 0 Å². The molecule has 0 saturated heterocycles. The minimum absolute atomic E-state index is 0.893. The Bertz CT molecular complexity index is 1010. The van der Waals surface area contributed by atoms with Crippen LogP contribution in [0.5, 0.6) is 5.75 Å². The van der Waals surface area contributed by atoms with Crippen molar-refractivity contribution in [2.45, 2.75) is 26.2 Å². The SMILES string of the molecule is CCCCc1ccc2[nH]c3ccccc3c2c1-c1ccc(OC)cc1. The van der Waals surface area contributed by atoms with Crippen molar-refractivity contribution in [1.82, 2.24) is 4.98 Å². The molecule has 2 nitrogen and oxygen atoms in total. The summed E-state index contributed by atoms with van der Waals surface area (Å²) < 4.78 is 5.34. The van der Waals surface area contributed by atoms with Crippen LogP contribution in [0, 0.1) is 0 Å². The summed E-state index contributed by atoms with van der Waals surface area (Å²) in [5, 5.41) is 2.62. The highest BCUT2D eigenvalue weighted by Gasteiger charge is 2.14. The van der Waals surface area contributed by atoms with Gasteiger partial charge in [-0.25, -0.2) is 0 Å². The van der Waals surface area contributed by atoms with Gasteiger partial charge in [-0.3, -0.25) is 0 Å². The Hall–Kier alpha value is -2.74. The number of aromatic amines is 1. The van der Waals surface area contributed by atoms with Gasteiger partial charge in [0.25, 0.3) is 0 Å². The van der Waals surface area contributed by atoms with E-state index in [4.69, 9.17) is 4.74 Å². The molecule has 25 heavy (non-hydrogen) atoms. The number of benzene rings is 3. The van der Waals surface area contributed by atoms with Crippen molar-refractivity contribution >= 4 is 21.8 Å². The zero-order valence-corrected chi connectivity index (χ0v) is 14.8. The monoisotopic (exact) mass is 329 g/mol. The molecule has 0 spiro atoms. The summed E-state index contributed by atoms with van der Waals surface area (Å²) in [7, 11) is 1.71. The van der Waals surface area contributed by atoms with E-state index in [0.717, 1.165) is 12.2 Å². The molecule has 4 rings (SSSR count). The molecule has 0 aliphatic heterocycles. The van der Waals surface area contributed by atoms with Crippen LogP contribution in [0.3, 0.4) is 0 Å². The van der Waals surface area contributed by atoms with E-state index in [-0.39, 0.29) is 0 Å². The predicted octanol–water partition coefficient (Wildman–Crippen LogP) is 6.34. The van der Waals surface area contributed by atoms with E-state index in [1.165, 1.54) is 51.3 Å². The summed E-state index contributed by atoms with van der Waals surface area (Å²) in [5.41, 5.74) is 6.42. The molecule has 1 N–H and O–H groups in total. The highest BCUT2D eigenvalue weighted by Crippen LogP contribution is 2.38. The fourth-order valence-electron chi connectivity index (χ4n) is 3.65. The van der Waals surface area contributed by atoms with Crippen LogP contribution < -0.4 is 4.74 Å². The third-order valence-corrected chi connectivity index (χ3v) is 4.94. The van der Waals surface area contributed by atoms with Gasteiger partial charge < -0.3 is 9.72 Å². The van der Waals surface area contributed by atoms with Crippen molar-refractivity contribution in [1.29, 1.82) is 0 Å². The van der Waals surface area contributed by atoms with Crippen LogP contribution in [0.4, 0.5) is 0 Å². The van der Waals surface area contributed by atoms with Crippen LogP contribution in [0.15, 0.2) is 60.7 Å². The van der Waals surface area contributed by atoms with E-state index in [0.29, 0.717) is 0 Å². The average Bonchev–Trinajstić information content (AvgIpc) is 3.05. The second kappa shape index (κ2) is 6.64. The molecular weight excluding hydrogens is 306 g/mol. The molecule has 0 saturated carbocycles. The van der Waals surface area contributed by atoms with Crippen LogP contribution in [-0.2, 0) is 6.42 Å². The number of H-pyrrole nitrogens is 1. The number of nitrogens with one attached hydrogen (secondary N) is 1. The lowest BCUT2D eigenvalue weighted by molar-refractivity contribution is 0.415. The Morgan fingerprint density at radius 2 is 1.68 bits per heavy atom. The molecule has 126 valence electrons. The molecule has 0 atom stereocenters. The highest BCUT2D eigenvalue weighted by atomic mass is 16.5. The van der Waals surface area contributed by atoms with Crippen LogP contribution in [0.1, 0.15) is 25.3 Å². The van der Waals surface area contributed by atoms with Crippen LogP contribution in [0.2, 0.25) is 0 Å². The van der Waals surface area contributed by atoms with Gasteiger partial charge in [0, 0.05) is 21.8 Å². The molecule has 0 aliphatic carbocycles. The molecule has 0 bridgehead atoms. The summed E-state index contributed by atoms with van der Waals surface area (Å²) in [4.78, 5) is 3.57. The fraction of sp³-hybridized carbons (Fsp3) is 0.217. The number of hydrogen-bond donors (Lipinski definition) is 1. The number of ether oxygens (including phenoxy) is 1. The smallest absolute Gasteiger partial charge is 0.118 e. The second-order valence-electron chi connectivity index (χ2n) is 6.52. The van der Waals surface area contributed by atoms with Crippen molar-refractivity contribution < 1.29 is 4.74 Å². The van der Waals surface area contributed by atoms with Gasteiger partial charge in [-0.1, -0.05) is 49.7 Å². The Kier molecular flexibility index (Phi) is 4.19. The summed E-state index contributed by atoms with van der Waals surface area (Å²) >= 11 is 0. The average molecular weight is 329 g/mol. The first kappa shape index (κ1) is 15.8. The number of aryl methyl sites for hydroxylation is 1. The summed E-state index contributed by atoms with van der Waals surface area (Å²) in [6, 6.07) is 21.5. The van der Waals surface area contributed by atoms with Gasteiger partial charge in [0.1, 0.15) is 5.75 Å². The molecule has 0 amide bonds. The third kappa shape index (κ3) is 2.78. The van der Waals surface area contributed by atoms with E-state index in [2.05, 4.69) is 60.4 Å². The molecule has 0 aliphatic rings. The molecule has 0 radical (unpaired) electrons. The van der Waals surface area contributed by atoms with E-state index < -0.39 is 0 Å². The number of aromatic nitrogens is 1. The third-order valence-electron chi connectivity index (χ3n) is 4.94. The number of methoxy groups -OCH3 is 1. The normalized spacial score (nSPS) is 11.3. The lowest BCUT2D eigenvalue weighted by Gasteiger charge is -2.13. The molecular formula is C23H23NO. The number of para-hydroxylation sites is 1. The summed E-state index contributed by atoms with van der Waals surface area (Å²) in [6.07, 6.45) is 3.51. The predicted molar refractivity (Wildman–Crippen MR) is 106 cm³/mol. The highest BCUT2D eigenvalue weighted by molar-refractivity contribution is 6.14. The summed E-state index contributed by atoms with van der Waals surface area (Å²) in [5.74, 6) is 0.893. The zero-order valence-electron chi connectivity index (χ0n) is 14.8. The van der Waals surface area contributed by atoms with Gasteiger partial charge in [0.15, 0.2) is 0 Å². The number of unbranched alkanes of at least 4 members (excludes halogenated alkanes) is 1. The van der Waals surface area contributed by atoms with Crippen molar-refractivity contribution in [3.63, 3.8) is 0 Å². The fourth-order valence-corrected chi connectivity index (χ4v) is 3.65. The Morgan fingerprint density at radius 3 is 2.44 bits per heavy atom. The van der Waals surface area contributed by atoms with Gasteiger partial charge in [-0.05, 0) is 53.8 Å². The first-order chi connectivity index (χ1) is 12.3. The molecule has 2 heteroatoms. The van der Waals surface area contributed by atoms with Crippen molar-refractivity contribution in [2.75, 3.05) is 7.11 Å². The number of rotatable bonds is 5. The maximum absolute atomic E-state index is 5.34. The Balaban J connectivity index is 2.01. The van der Waals surface area contributed by atoms with Crippen molar-refractivity contribution in [2.24, 2.45) is 0 Å². The number of hydrogen-bond acceptors (Lipinski definition) is 1. The van der Waals surface area contributed by atoms with Gasteiger partial charge in [0.2, 0.25) is 0 Å². The van der Waals surface area contributed by atoms with Gasteiger partial charge in [0.05, 0.1) is 7.11 Å². The topological polar surface area (TPSA) is 25.0 Å². The minimum atomic E-state index is 0.893. The van der Waals surface area contributed by atoms with Crippen LogP contribution in [0.25, 0.3) is 32.9 Å². The summed E-state index contributed by atoms with van der Waals surface area (Å²) in [6.45, 7) is 2.25. The largest absolute Gasteiger partial charge is 0.497 e. The lowest BCUT2D eigenvalue weighted by Crippen LogP contribution is -1.92.